The molecule has 1 aromatic rings. The molecule has 0 atom stereocenters. The van der Waals surface area contributed by atoms with Crippen LogP contribution in [-0.4, -0.2) is 15.1 Å². The summed E-state index contributed by atoms with van der Waals surface area (Å²) in [6.07, 6.45) is 1.73. The molecule has 0 radical (unpaired) electrons. The molecule has 0 aliphatic carbocycles. The van der Waals surface area contributed by atoms with Crippen molar-refractivity contribution in [1.29, 1.82) is 0 Å². The first-order chi connectivity index (χ1) is 6.56. The molecule has 1 aromatic heterocycles. The van der Waals surface area contributed by atoms with Crippen LogP contribution in [0, 0.1) is 0 Å². The molecule has 0 aliphatic heterocycles. The monoisotopic (exact) mass is 194 g/mol. The van der Waals surface area contributed by atoms with E-state index < -0.39 is 0 Å². The first-order valence-electron chi connectivity index (χ1n) is 5.02. The molecule has 0 amide bonds. The fraction of sp³-hybridized carbons (Fsp3) is 0.636. The average Bonchev–Trinajstić information content (AvgIpc) is 2.16. The van der Waals surface area contributed by atoms with E-state index in [9.17, 15) is 0 Å². The van der Waals surface area contributed by atoms with Gasteiger partial charge >= 0.3 is 0 Å². The Kier molecular flexibility index (Phi) is 3.58. The van der Waals surface area contributed by atoms with Crippen LogP contribution in [0.1, 0.15) is 56.6 Å². The van der Waals surface area contributed by atoms with E-state index in [1.807, 2.05) is 0 Å². The zero-order chi connectivity index (χ0) is 10.7. The van der Waals surface area contributed by atoms with E-state index in [2.05, 4.69) is 37.7 Å². The van der Waals surface area contributed by atoms with E-state index >= 15 is 0 Å². The van der Waals surface area contributed by atoms with Crippen molar-refractivity contribution in [1.82, 2.24) is 9.97 Å². The molecule has 0 bridgehead atoms. The first-order valence-corrected chi connectivity index (χ1v) is 5.02. The molecule has 3 nitrogen and oxygen atoms in total. The average molecular weight is 194 g/mol. The molecule has 0 saturated heterocycles. The lowest BCUT2D eigenvalue weighted by Gasteiger charge is -2.12. The summed E-state index contributed by atoms with van der Waals surface area (Å²) in [4.78, 5) is 8.69. The summed E-state index contributed by atoms with van der Waals surface area (Å²) in [5, 5.41) is 9.12. The van der Waals surface area contributed by atoms with Crippen molar-refractivity contribution in [2.75, 3.05) is 0 Å². The third kappa shape index (κ3) is 2.29. The van der Waals surface area contributed by atoms with Crippen molar-refractivity contribution >= 4 is 0 Å². The highest BCUT2D eigenvalue weighted by molar-refractivity contribution is 5.20. The highest BCUT2D eigenvalue weighted by Gasteiger charge is 2.11. The van der Waals surface area contributed by atoms with Gasteiger partial charge in [-0.15, -0.1) is 0 Å². The van der Waals surface area contributed by atoms with Crippen LogP contribution in [-0.2, 0) is 6.61 Å². The van der Waals surface area contributed by atoms with Crippen LogP contribution >= 0.6 is 0 Å². The predicted octanol–water partition coefficient (Wildman–Crippen LogP) is 2.22. The van der Waals surface area contributed by atoms with Gasteiger partial charge in [0.15, 0.2) is 0 Å². The van der Waals surface area contributed by atoms with Gasteiger partial charge in [0.2, 0.25) is 0 Å². The topological polar surface area (TPSA) is 46.0 Å². The molecular weight excluding hydrogens is 176 g/mol. The Bertz CT molecular complexity index is 308. The van der Waals surface area contributed by atoms with Crippen LogP contribution in [0.2, 0.25) is 0 Å². The van der Waals surface area contributed by atoms with Gasteiger partial charge < -0.3 is 5.11 Å². The van der Waals surface area contributed by atoms with Crippen molar-refractivity contribution in [2.45, 2.75) is 46.1 Å². The number of aliphatic hydroxyl groups excluding tert-OH is 1. The lowest BCUT2D eigenvalue weighted by molar-refractivity contribution is 0.278. The van der Waals surface area contributed by atoms with Crippen LogP contribution < -0.4 is 0 Å². The summed E-state index contributed by atoms with van der Waals surface area (Å²) >= 11 is 0. The lowest BCUT2D eigenvalue weighted by atomic mass is 10.0. The molecule has 1 heterocycles. The summed E-state index contributed by atoms with van der Waals surface area (Å²) in [5.74, 6) is 1.52. The van der Waals surface area contributed by atoms with Crippen LogP contribution in [0.3, 0.4) is 0 Å². The number of aromatic nitrogens is 2. The van der Waals surface area contributed by atoms with Crippen molar-refractivity contribution < 1.29 is 5.11 Å². The predicted molar refractivity (Wildman–Crippen MR) is 56.1 cm³/mol. The van der Waals surface area contributed by atoms with Crippen LogP contribution in [0.25, 0.3) is 0 Å². The maximum Gasteiger partial charge on any atom is 0.131 e. The highest BCUT2D eigenvalue weighted by atomic mass is 16.3. The number of nitrogens with zero attached hydrogens (tertiary/aromatic N) is 2. The number of hydrogen-bond acceptors (Lipinski definition) is 3. The van der Waals surface area contributed by atoms with Gasteiger partial charge in [0.25, 0.3) is 0 Å². The maximum atomic E-state index is 9.12. The van der Waals surface area contributed by atoms with E-state index in [0.717, 1.165) is 17.1 Å². The minimum absolute atomic E-state index is 0.0197. The van der Waals surface area contributed by atoms with Gasteiger partial charge in [0.05, 0.1) is 12.3 Å². The van der Waals surface area contributed by atoms with Gasteiger partial charge in [0, 0.05) is 17.7 Å². The normalized spacial score (nSPS) is 11.4. The van der Waals surface area contributed by atoms with Gasteiger partial charge in [0.1, 0.15) is 5.82 Å². The number of rotatable bonds is 3. The minimum atomic E-state index is 0.0197. The smallest absolute Gasteiger partial charge is 0.131 e. The fourth-order valence-corrected chi connectivity index (χ4v) is 1.33. The summed E-state index contributed by atoms with van der Waals surface area (Å²) in [6.45, 7) is 8.30. The molecule has 0 fully saturated rings. The van der Waals surface area contributed by atoms with E-state index in [-0.39, 0.29) is 6.61 Å². The third-order valence-corrected chi connectivity index (χ3v) is 2.15. The van der Waals surface area contributed by atoms with Crippen molar-refractivity contribution in [2.24, 2.45) is 0 Å². The zero-order valence-electron chi connectivity index (χ0n) is 9.28. The molecule has 0 unspecified atom stereocenters. The Morgan fingerprint density at radius 1 is 1.21 bits per heavy atom. The molecule has 0 aliphatic rings. The molecule has 0 aromatic carbocycles. The number of hydrogen-bond donors (Lipinski definition) is 1. The molecule has 1 rings (SSSR count). The van der Waals surface area contributed by atoms with Gasteiger partial charge in [-0.2, -0.15) is 0 Å². The van der Waals surface area contributed by atoms with Gasteiger partial charge in [-0.3, -0.25) is 0 Å². The van der Waals surface area contributed by atoms with Crippen molar-refractivity contribution in [3.63, 3.8) is 0 Å². The van der Waals surface area contributed by atoms with Crippen LogP contribution in [0.5, 0.6) is 0 Å². The quantitative estimate of drug-likeness (QED) is 0.802. The summed E-state index contributed by atoms with van der Waals surface area (Å²) < 4.78 is 0. The Morgan fingerprint density at radius 2 is 1.86 bits per heavy atom. The highest BCUT2D eigenvalue weighted by Crippen LogP contribution is 2.19. The van der Waals surface area contributed by atoms with Crippen LogP contribution in [0.15, 0.2) is 6.20 Å². The molecule has 78 valence electrons. The van der Waals surface area contributed by atoms with Gasteiger partial charge in [-0.25, -0.2) is 9.97 Å². The molecule has 1 N–H and O–H groups in total. The fourth-order valence-electron chi connectivity index (χ4n) is 1.33. The molecule has 0 saturated carbocycles. The van der Waals surface area contributed by atoms with Crippen LogP contribution in [0.4, 0.5) is 0 Å². The van der Waals surface area contributed by atoms with E-state index in [4.69, 9.17) is 5.11 Å². The first kappa shape index (κ1) is 11.1. The van der Waals surface area contributed by atoms with E-state index in [1.165, 1.54) is 0 Å². The molecule has 14 heavy (non-hydrogen) atoms. The van der Waals surface area contributed by atoms with Crippen molar-refractivity contribution in [3.05, 3.63) is 23.3 Å². The Balaban J connectivity index is 3.14. The Morgan fingerprint density at radius 3 is 2.29 bits per heavy atom. The molecular formula is C11H18N2O. The lowest BCUT2D eigenvalue weighted by Crippen LogP contribution is -2.06. The third-order valence-electron chi connectivity index (χ3n) is 2.15. The second kappa shape index (κ2) is 4.51. The zero-order valence-corrected chi connectivity index (χ0v) is 9.28. The van der Waals surface area contributed by atoms with E-state index in [0.29, 0.717) is 11.8 Å². The SMILES string of the molecule is CC(C)c1ncc(CO)c(C(C)C)n1. The second-order valence-corrected chi connectivity index (χ2v) is 4.11. The molecule has 3 heteroatoms. The summed E-state index contributed by atoms with van der Waals surface area (Å²) in [7, 11) is 0. The minimum Gasteiger partial charge on any atom is -0.392 e. The van der Waals surface area contributed by atoms with Gasteiger partial charge in [-0.05, 0) is 5.92 Å². The largest absolute Gasteiger partial charge is 0.392 e. The summed E-state index contributed by atoms with van der Waals surface area (Å²) in [5.41, 5.74) is 1.80. The summed E-state index contributed by atoms with van der Waals surface area (Å²) in [6, 6.07) is 0. The number of aliphatic hydroxyl groups is 1. The Hall–Kier alpha value is -0.960. The molecule has 0 spiro atoms. The van der Waals surface area contributed by atoms with E-state index in [1.54, 1.807) is 6.20 Å². The van der Waals surface area contributed by atoms with Crippen molar-refractivity contribution in [3.8, 4) is 0 Å². The Labute approximate surface area is 85.2 Å². The second-order valence-electron chi connectivity index (χ2n) is 4.11. The van der Waals surface area contributed by atoms with Gasteiger partial charge in [-0.1, -0.05) is 27.7 Å². The maximum absolute atomic E-state index is 9.12. The standard InChI is InChI=1S/C11H18N2O/c1-7(2)10-9(6-14)5-12-11(13-10)8(3)4/h5,7-8,14H,6H2,1-4H3.